The Labute approximate surface area is 204 Å². The lowest BCUT2D eigenvalue weighted by molar-refractivity contribution is -0.125. The third-order valence-corrected chi connectivity index (χ3v) is 6.29. The number of aromatic nitrogens is 1. The summed E-state index contributed by atoms with van der Waals surface area (Å²) in [5.41, 5.74) is 2.24. The Bertz CT molecular complexity index is 1180. The van der Waals surface area contributed by atoms with Crippen LogP contribution in [-0.2, 0) is 11.3 Å². The van der Waals surface area contributed by atoms with Crippen LogP contribution in [0.3, 0.4) is 0 Å². The van der Waals surface area contributed by atoms with E-state index in [0.717, 1.165) is 11.1 Å². The van der Waals surface area contributed by atoms with Crippen LogP contribution in [0.1, 0.15) is 27.4 Å². The average Bonchev–Trinajstić information content (AvgIpc) is 3.37. The molecule has 8 heteroatoms. The summed E-state index contributed by atoms with van der Waals surface area (Å²) in [6.07, 6.45) is 3.41. The van der Waals surface area contributed by atoms with E-state index >= 15 is 0 Å². The Morgan fingerprint density at radius 3 is 2.49 bits per heavy atom. The van der Waals surface area contributed by atoms with Gasteiger partial charge in [0.25, 0.3) is 5.91 Å². The van der Waals surface area contributed by atoms with Gasteiger partial charge < -0.3 is 24.4 Å². The van der Waals surface area contributed by atoms with Crippen molar-refractivity contribution in [2.45, 2.75) is 12.5 Å². The number of carbonyl (C=O) groups excluding carboxylic acids is 2. The summed E-state index contributed by atoms with van der Waals surface area (Å²) in [6, 6.07) is 16.3. The summed E-state index contributed by atoms with van der Waals surface area (Å²) in [4.78, 5) is 32.6. The predicted octanol–water partition coefficient (Wildman–Crippen LogP) is 3.28. The molecule has 3 aromatic rings. The van der Waals surface area contributed by atoms with Crippen molar-refractivity contribution in [3.63, 3.8) is 0 Å². The van der Waals surface area contributed by atoms with E-state index < -0.39 is 5.92 Å². The number of hydrogen-bond donors (Lipinski definition) is 1. The van der Waals surface area contributed by atoms with Gasteiger partial charge in [-0.15, -0.1) is 0 Å². The van der Waals surface area contributed by atoms with Crippen LogP contribution in [0.5, 0.6) is 17.2 Å². The van der Waals surface area contributed by atoms with Gasteiger partial charge in [0, 0.05) is 49.1 Å². The number of carbonyl (C=O) groups is 2. The number of likely N-dealkylation sites (tertiary alicyclic amines) is 1. The SMILES string of the molecule is COc1cccc(C(=O)N2CC(C(=O)NCc3cccnc3)C(c3cc(OC)ccc3OC)C2)c1. The number of rotatable bonds is 8. The third-order valence-electron chi connectivity index (χ3n) is 6.29. The summed E-state index contributed by atoms with van der Waals surface area (Å²) in [5, 5.41) is 3.02. The largest absolute Gasteiger partial charge is 0.497 e. The molecule has 1 aliphatic heterocycles. The van der Waals surface area contributed by atoms with E-state index in [9.17, 15) is 9.59 Å². The molecule has 2 heterocycles. The van der Waals surface area contributed by atoms with Crippen LogP contribution in [0.2, 0.25) is 0 Å². The number of nitrogens with one attached hydrogen (secondary N) is 1. The summed E-state index contributed by atoms with van der Waals surface area (Å²) in [7, 11) is 4.75. The number of benzene rings is 2. The molecule has 182 valence electrons. The monoisotopic (exact) mass is 475 g/mol. The highest BCUT2D eigenvalue weighted by molar-refractivity contribution is 5.95. The highest BCUT2D eigenvalue weighted by atomic mass is 16.5. The van der Waals surface area contributed by atoms with E-state index in [1.807, 2.05) is 30.3 Å². The molecular formula is C27H29N3O5. The quantitative estimate of drug-likeness (QED) is 0.538. The second-order valence-corrected chi connectivity index (χ2v) is 8.34. The third kappa shape index (κ3) is 5.37. The molecule has 4 rings (SSSR count). The predicted molar refractivity (Wildman–Crippen MR) is 131 cm³/mol. The maximum atomic E-state index is 13.4. The molecule has 35 heavy (non-hydrogen) atoms. The van der Waals surface area contributed by atoms with Crippen molar-refractivity contribution in [3.8, 4) is 17.2 Å². The maximum absolute atomic E-state index is 13.4. The number of hydrogen-bond acceptors (Lipinski definition) is 6. The van der Waals surface area contributed by atoms with Crippen LogP contribution in [0.25, 0.3) is 0 Å². The Morgan fingerprint density at radius 1 is 0.971 bits per heavy atom. The summed E-state index contributed by atoms with van der Waals surface area (Å²) in [5.74, 6) is 0.880. The Kier molecular flexibility index (Phi) is 7.50. The fraction of sp³-hybridized carbons (Fsp3) is 0.296. The molecule has 0 radical (unpaired) electrons. The smallest absolute Gasteiger partial charge is 0.254 e. The van der Waals surface area contributed by atoms with Crippen molar-refractivity contribution in [2.75, 3.05) is 34.4 Å². The summed E-state index contributed by atoms with van der Waals surface area (Å²) < 4.78 is 16.3. The molecular weight excluding hydrogens is 446 g/mol. The fourth-order valence-electron chi connectivity index (χ4n) is 4.44. The van der Waals surface area contributed by atoms with Gasteiger partial charge >= 0.3 is 0 Å². The van der Waals surface area contributed by atoms with Crippen molar-refractivity contribution in [1.29, 1.82) is 0 Å². The minimum Gasteiger partial charge on any atom is -0.497 e. The Balaban J connectivity index is 1.63. The first-order valence-electron chi connectivity index (χ1n) is 11.4. The van der Waals surface area contributed by atoms with Gasteiger partial charge in [-0.25, -0.2) is 0 Å². The summed E-state index contributed by atoms with van der Waals surface area (Å²) in [6.45, 7) is 0.999. The van der Waals surface area contributed by atoms with E-state index in [-0.39, 0.29) is 24.3 Å². The molecule has 8 nitrogen and oxygen atoms in total. The molecule has 1 fully saturated rings. The van der Waals surface area contributed by atoms with Crippen LogP contribution >= 0.6 is 0 Å². The minimum atomic E-state index is -0.470. The van der Waals surface area contributed by atoms with E-state index in [0.29, 0.717) is 35.9 Å². The van der Waals surface area contributed by atoms with Crippen molar-refractivity contribution in [3.05, 3.63) is 83.7 Å². The molecule has 0 bridgehead atoms. The normalized spacial score (nSPS) is 17.1. The van der Waals surface area contributed by atoms with Gasteiger partial charge in [-0.3, -0.25) is 14.6 Å². The standard InChI is InChI=1S/C27H29N3O5/c1-33-20-8-4-7-19(12-20)27(32)30-16-23(22-13-21(34-2)9-10-25(22)35-3)24(17-30)26(31)29-15-18-6-5-11-28-14-18/h4-14,23-24H,15-17H2,1-3H3,(H,29,31). The molecule has 2 aromatic carbocycles. The van der Waals surface area contributed by atoms with Gasteiger partial charge in [-0.05, 0) is 48.0 Å². The zero-order valence-electron chi connectivity index (χ0n) is 20.1. The zero-order chi connectivity index (χ0) is 24.8. The lowest BCUT2D eigenvalue weighted by Crippen LogP contribution is -2.35. The molecule has 1 saturated heterocycles. The van der Waals surface area contributed by atoms with E-state index in [4.69, 9.17) is 14.2 Å². The van der Waals surface area contributed by atoms with Gasteiger partial charge in [0.05, 0.1) is 27.2 Å². The first kappa shape index (κ1) is 24.1. The second-order valence-electron chi connectivity index (χ2n) is 8.34. The number of nitrogens with zero attached hydrogens (tertiary/aromatic N) is 2. The van der Waals surface area contributed by atoms with E-state index in [2.05, 4.69) is 10.3 Å². The van der Waals surface area contributed by atoms with Crippen molar-refractivity contribution < 1.29 is 23.8 Å². The van der Waals surface area contributed by atoms with Gasteiger partial charge in [-0.1, -0.05) is 12.1 Å². The first-order chi connectivity index (χ1) is 17.0. The maximum Gasteiger partial charge on any atom is 0.254 e. The van der Waals surface area contributed by atoms with Crippen LogP contribution in [-0.4, -0.2) is 56.1 Å². The molecule has 1 aliphatic rings. The van der Waals surface area contributed by atoms with Crippen LogP contribution < -0.4 is 19.5 Å². The van der Waals surface area contributed by atoms with Crippen molar-refractivity contribution >= 4 is 11.8 Å². The zero-order valence-corrected chi connectivity index (χ0v) is 20.1. The van der Waals surface area contributed by atoms with Gasteiger partial charge in [0.2, 0.25) is 5.91 Å². The van der Waals surface area contributed by atoms with Crippen molar-refractivity contribution in [1.82, 2.24) is 15.2 Å². The Hall–Kier alpha value is -4.07. The van der Waals surface area contributed by atoms with E-state index in [1.165, 1.54) is 0 Å². The molecule has 1 N–H and O–H groups in total. The number of amides is 2. The van der Waals surface area contributed by atoms with Crippen LogP contribution in [0.4, 0.5) is 0 Å². The molecule has 2 amide bonds. The van der Waals surface area contributed by atoms with Gasteiger partial charge in [0.15, 0.2) is 0 Å². The second kappa shape index (κ2) is 10.9. The van der Waals surface area contributed by atoms with Crippen LogP contribution in [0, 0.1) is 5.92 Å². The highest BCUT2D eigenvalue weighted by Crippen LogP contribution is 2.40. The van der Waals surface area contributed by atoms with Crippen LogP contribution in [0.15, 0.2) is 67.0 Å². The lowest BCUT2D eigenvalue weighted by atomic mass is 9.87. The first-order valence-corrected chi connectivity index (χ1v) is 11.4. The highest BCUT2D eigenvalue weighted by Gasteiger charge is 2.42. The number of pyridine rings is 1. The number of methoxy groups -OCH3 is 3. The molecule has 1 aromatic heterocycles. The topological polar surface area (TPSA) is 90.0 Å². The average molecular weight is 476 g/mol. The fourth-order valence-corrected chi connectivity index (χ4v) is 4.44. The molecule has 0 spiro atoms. The van der Waals surface area contributed by atoms with E-state index in [1.54, 1.807) is 62.9 Å². The van der Waals surface area contributed by atoms with Crippen molar-refractivity contribution in [2.24, 2.45) is 5.92 Å². The molecule has 0 aliphatic carbocycles. The summed E-state index contributed by atoms with van der Waals surface area (Å²) >= 11 is 0. The van der Waals surface area contributed by atoms with Gasteiger partial charge in [-0.2, -0.15) is 0 Å². The lowest BCUT2D eigenvalue weighted by Gasteiger charge is -2.21. The molecule has 0 saturated carbocycles. The van der Waals surface area contributed by atoms with Gasteiger partial charge in [0.1, 0.15) is 17.2 Å². The molecule has 2 unspecified atom stereocenters. The minimum absolute atomic E-state index is 0.135. The number of ether oxygens (including phenoxy) is 3. The Morgan fingerprint density at radius 2 is 1.77 bits per heavy atom. The molecule has 2 atom stereocenters.